The lowest BCUT2D eigenvalue weighted by Gasteiger charge is -2.02. The molecule has 0 saturated heterocycles. The molecule has 0 fully saturated rings. The summed E-state index contributed by atoms with van der Waals surface area (Å²) in [6.45, 7) is 12.7. The summed E-state index contributed by atoms with van der Waals surface area (Å²) in [5.41, 5.74) is 4.46. The Kier molecular flexibility index (Phi) is 10.8. The van der Waals surface area contributed by atoms with Crippen molar-refractivity contribution in [3.8, 4) is 0 Å². The van der Waals surface area contributed by atoms with Crippen molar-refractivity contribution in [2.45, 2.75) is 72.6 Å². The van der Waals surface area contributed by atoms with Crippen LogP contribution in [0.25, 0.3) is 0 Å². The van der Waals surface area contributed by atoms with Crippen LogP contribution in [0, 0.1) is 6.92 Å². The molecule has 0 aromatic rings. The Bertz CT molecular complexity index is 289. The standard InChI is InChI=1S/C18H31/c1-6-8-11-17(4)14-10-15-18(5)13-9-12-16(3)7-2/h7,13-14H,2,6,8-12,15H2,1,3-5H3/b16-7+,17-14+,18-13+. The number of rotatable bonds is 9. The van der Waals surface area contributed by atoms with E-state index in [-0.39, 0.29) is 0 Å². The van der Waals surface area contributed by atoms with Crippen LogP contribution in [0.5, 0.6) is 0 Å². The van der Waals surface area contributed by atoms with Crippen molar-refractivity contribution < 1.29 is 0 Å². The Morgan fingerprint density at radius 3 is 1.83 bits per heavy atom. The van der Waals surface area contributed by atoms with Gasteiger partial charge in [0, 0.05) is 0 Å². The summed E-state index contributed by atoms with van der Waals surface area (Å²) in [6.07, 6.45) is 15.3. The van der Waals surface area contributed by atoms with Crippen molar-refractivity contribution in [1.82, 2.24) is 0 Å². The van der Waals surface area contributed by atoms with Gasteiger partial charge in [-0.2, -0.15) is 0 Å². The predicted octanol–water partition coefficient (Wildman–Crippen LogP) is 6.41. The molecule has 0 nitrogen and oxygen atoms in total. The second-order valence-corrected chi connectivity index (χ2v) is 5.33. The summed E-state index contributed by atoms with van der Waals surface area (Å²) < 4.78 is 0. The van der Waals surface area contributed by atoms with Gasteiger partial charge in [-0.3, -0.25) is 0 Å². The smallest absolute Gasteiger partial charge is 0.0288 e. The third-order valence-electron chi connectivity index (χ3n) is 3.34. The monoisotopic (exact) mass is 247 g/mol. The highest BCUT2D eigenvalue weighted by molar-refractivity contribution is 5.06. The van der Waals surface area contributed by atoms with Crippen LogP contribution in [0.4, 0.5) is 0 Å². The van der Waals surface area contributed by atoms with Gasteiger partial charge in [0.1, 0.15) is 0 Å². The third-order valence-corrected chi connectivity index (χ3v) is 3.34. The molecule has 0 aromatic heterocycles. The van der Waals surface area contributed by atoms with Gasteiger partial charge in [0.05, 0.1) is 0 Å². The maximum Gasteiger partial charge on any atom is -0.0288 e. The highest BCUT2D eigenvalue weighted by Crippen LogP contribution is 2.13. The molecule has 0 aliphatic rings. The topological polar surface area (TPSA) is 0 Å². The molecule has 0 bridgehead atoms. The molecule has 0 unspecified atom stereocenters. The van der Waals surface area contributed by atoms with Crippen molar-refractivity contribution in [3.63, 3.8) is 0 Å². The van der Waals surface area contributed by atoms with Crippen LogP contribution in [0.1, 0.15) is 72.6 Å². The first-order valence-electron chi connectivity index (χ1n) is 7.36. The van der Waals surface area contributed by atoms with Crippen LogP contribution >= 0.6 is 0 Å². The van der Waals surface area contributed by atoms with E-state index in [1.165, 1.54) is 43.3 Å². The Morgan fingerprint density at radius 2 is 1.33 bits per heavy atom. The first-order valence-corrected chi connectivity index (χ1v) is 7.36. The fourth-order valence-corrected chi connectivity index (χ4v) is 1.85. The predicted molar refractivity (Wildman–Crippen MR) is 84.6 cm³/mol. The van der Waals surface area contributed by atoms with Crippen LogP contribution in [0.2, 0.25) is 0 Å². The van der Waals surface area contributed by atoms with Crippen LogP contribution in [0.3, 0.4) is 0 Å². The average Bonchev–Trinajstić information content (AvgIpc) is 2.36. The maximum absolute atomic E-state index is 3.79. The molecule has 103 valence electrons. The molecular formula is C18H31. The van der Waals surface area contributed by atoms with Gasteiger partial charge < -0.3 is 0 Å². The first kappa shape index (κ1) is 17.2. The number of hydrogen-bond acceptors (Lipinski definition) is 0. The molecule has 0 N–H and O–H groups in total. The minimum Gasteiger partial charge on any atom is -0.0853 e. The van der Waals surface area contributed by atoms with Gasteiger partial charge in [-0.05, 0) is 66.2 Å². The Hall–Kier alpha value is -0.780. The van der Waals surface area contributed by atoms with E-state index in [0.29, 0.717) is 0 Å². The van der Waals surface area contributed by atoms with E-state index in [4.69, 9.17) is 0 Å². The van der Waals surface area contributed by atoms with Gasteiger partial charge in [-0.25, -0.2) is 0 Å². The summed E-state index contributed by atoms with van der Waals surface area (Å²) in [5, 5.41) is 0. The van der Waals surface area contributed by atoms with Gasteiger partial charge >= 0.3 is 0 Å². The zero-order valence-corrected chi connectivity index (χ0v) is 12.9. The van der Waals surface area contributed by atoms with Gasteiger partial charge in [0.25, 0.3) is 0 Å². The van der Waals surface area contributed by atoms with Gasteiger partial charge in [0.2, 0.25) is 0 Å². The lowest BCUT2D eigenvalue weighted by molar-refractivity contribution is 0.781. The normalized spacial score (nSPS) is 14.2. The van der Waals surface area contributed by atoms with Crippen molar-refractivity contribution >= 4 is 0 Å². The second-order valence-electron chi connectivity index (χ2n) is 5.33. The van der Waals surface area contributed by atoms with Crippen LogP contribution < -0.4 is 0 Å². The van der Waals surface area contributed by atoms with Crippen molar-refractivity contribution in [3.05, 3.63) is 41.9 Å². The molecular weight excluding hydrogens is 216 g/mol. The first-order chi connectivity index (χ1) is 8.60. The van der Waals surface area contributed by atoms with Gasteiger partial charge in [0.15, 0.2) is 0 Å². The molecule has 0 atom stereocenters. The minimum absolute atomic E-state index is 1.15. The number of hydrogen-bond donors (Lipinski definition) is 0. The van der Waals surface area contributed by atoms with E-state index in [0.717, 1.165) is 12.8 Å². The van der Waals surface area contributed by atoms with Crippen LogP contribution in [0.15, 0.2) is 34.9 Å². The molecule has 1 radical (unpaired) electrons. The summed E-state index contributed by atoms with van der Waals surface area (Å²) >= 11 is 0. The summed E-state index contributed by atoms with van der Waals surface area (Å²) in [7, 11) is 0. The number of allylic oxidation sites excluding steroid dienone is 6. The summed E-state index contributed by atoms with van der Waals surface area (Å²) in [6, 6.07) is 0. The third kappa shape index (κ3) is 10.4. The molecule has 0 rings (SSSR count). The minimum atomic E-state index is 1.15. The Morgan fingerprint density at radius 1 is 0.833 bits per heavy atom. The molecule has 0 heteroatoms. The highest BCUT2D eigenvalue weighted by Gasteiger charge is 1.92. The molecule has 0 saturated carbocycles. The molecule has 0 spiro atoms. The number of unbranched alkanes of at least 4 members (excludes halogenated alkanes) is 1. The second kappa shape index (κ2) is 11.3. The van der Waals surface area contributed by atoms with E-state index in [9.17, 15) is 0 Å². The molecule has 0 heterocycles. The highest BCUT2D eigenvalue weighted by atomic mass is 14.0. The van der Waals surface area contributed by atoms with Crippen molar-refractivity contribution in [2.75, 3.05) is 0 Å². The SMILES string of the molecule is [CH2]/C=C(\C)CC/C=C(\C)CC/C=C(\C)CCCC. The Balaban J connectivity index is 3.81. The van der Waals surface area contributed by atoms with Gasteiger partial charge in [-0.15, -0.1) is 0 Å². The van der Waals surface area contributed by atoms with Gasteiger partial charge in [-0.1, -0.05) is 48.3 Å². The van der Waals surface area contributed by atoms with E-state index < -0.39 is 0 Å². The lowest BCUT2D eigenvalue weighted by atomic mass is 10.0. The largest absolute Gasteiger partial charge is 0.0853 e. The van der Waals surface area contributed by atoms with E-state index in [1.54, 1.807) is 5.57 Å². The van der Waals surface area contributed by atoms with E-state index in [2.05, 4.69) is 46.8 Å². The molecule has 0 aliphatic carbocycles. The zero-order valence-electron chi connectivity index (χ0n) is 12.9. The molecule has 18 heavy (non-hydrogen) atoms. The fourth-order valence-electron chi connectivity index (χ4n) is 1.85. The summed E-state index contributed by atoms with van der Waals surface area (Å²) in [4.78, 5) is 0. The van der Waals surface area contributed by atoms with E-state index in [1.807, 2.05) is 6.08 Å². The van der Waals surface area contributed by atoms with Crippen molar-refractivity contribution in [2.24, 2.45) is 0 Å². The van der Waals surface area contributed by atoms with E-state index >= 15 is 0 Å². The molecule has 0 amide bonds. The molecule has 0 aliphatic heterocycles. The van der Waals surface area contributed by atoms with Crippen LogP contribution in [-0.2, 0) is 0 Å². The Labute approximate surface area is 115 Å². The lowest BCUT2D eigenvalue weighted by Crippen LogP contribution is -1.82. The molecule has 0 aromatic carbocycles. The zero-order chi connectivity index (χ0) is 13.8. The maximum atomic E-state index is 3.79. The average molecular weight is 247 g/mol. The van der Waals surface area contributed by atoms with Crippen molar-refractivity contribution in [1.29, 1.82) is 0 Å². The summed E-state index contributed by atoms with van der Waals surface area (Å²) in [5.74, 6) is 0. The van der Waals surface area contributed by atoms with Crippen LogP contribution in [-0.4, -0.2) is 0 Å². The quantitative estimate of drug-likeness (QED) is 0.413. The fraction of sp³-hybridized carbons (Fsp3) is 0.611.